The minimum atomic E-state index is 0.274. The molecule has 3 atom stereocenters. The predicted molar refractivity (Wildman–Crippen MR) is 80.7 cm³/mol. The van der Waals surface area contributed by atoms with E-state index in [0.29, 0.717) is 0 Å². The predicted octanol–water partition coefficient (Wildman–Crippen LogP) is 3.51. The highest BCUT2D eigenvalue weighted by Crippen LogP contribution is 2.39. The fourth-order valence-electron chi connectivity index (χ4n) is 3.43. The molecule has 3 unspecified atom stereocenters. The van der Waals surface area contributed by atoms with Gasteiger partial charge < -0.3 is 5.73 Å². The third-order valence-corrected chi connectivity index (χ3v) is 5.27. The van der Waals surface area contributed by atoms with Crippen molar-refractivity contribution < 1.29 is 0 Å². The van der Waals surface area contributed by atoms with Crippen LogP contribution in [0.25, 0.3) is 0 Å². The lowest BCUT2D eigenvalue weighted by molar-refractivity contribution is 0.0356. The average molecular weight is 254 g/mol. The van der Waals surface area contributed by atoms with Gasteiger partial charge in [-0.2, -0.15) is 0 Å². The van der Waals surface area contributed by atoms with Crippen molar-refractivity contribution in [3.8, 4) is 0 Å². The van der Waals surface area contributed by atoms with Crippen LogP contribution in [0.2, 0.25) is 0 Å². The quantitative estimate of drug-likeness (QED) is 0.786. The molecule has 2 N–H and O–H groups in total. The second kappa shape index (κ2) is 6.91. The molecule has 1 aliphatic rings. The van der Waals surface area contributed by atoms with Crippen molar-refractivity contribution in [2.24, 2.45) is 23.5 Å². The SMILES string of the molecule is CCC(C)CN(C)C1(CN)CCCC(C(C)C)C1. The molecule has 1 aliphatic carbocycles. The Morgan fingerprint density at radius 3 is 2.50 bits per heavy atom. The van der Waals surface area contributed by atoms with E-state index in [2.05, 4.69) is 39.6 Å². The summed E-state index contributed by atoms with van der Waals surface area (Å²) in [5.74, 6) is 2.44. The average Bonchev–Trinajstić information content (AvgIpc) is 2.38. The molecule has 108 valence electrons. The maximum absolute atomic E-state index is 6.18. The van der Waals surface area contributed by atoms with Crippen molar-refractivity contribution in [1.29, 1.82) is 0 Å². The highest BCUT2D eigenvalue weighted by molar-refractivity contribution is 4.96. The van der Waals surface area contributed by atoms with Crippen molar-refractivity contribution in [3.05, 3.63) is 0 Å². The highest BCUT2D eigenvalue weighted by atomic mass is 15.2. The largest absolute Gasteiger partial charge is 0.329 e. The first-order valence-electron chi connectivity index (χ1n) is 7.86. The Labute approximate surface area is 114 Å². The van der Waals surface area contributed by atoms with Gasteiger partial charge in [-0.25, -0.2) is 0 Å². The van der Waals surface area contributed by atoms with Crippen LogP contribution in [0.5, 0.6) is 0 Å². The van der Waals surface area contributed by atoms with Crippen molar-refractivity contribution in [3.63, 3.8) is 0 Å². The lowest BCUT2D eigenvalue weighted by Gasteiger charge is -2.48. The van der Waals surface area contributed by atoms with E-state index >= 15 is 0 Å². The summed E-state index contributed by atoms with van der Waals surface area (Å²) in [5, 5.41) is 0. The summed E-state index contributed by atoms with van der Waals surface area (Å²) in [4.78, 5) is 2.58. The number of nitrogens with two attached hydrogens (primary N) is 1. The van der Waals surface area contributed by atoms with Gasteiger partial charge in [0.2, 0.25) is 0 Å². The van der Waals surface area contributed by atoms with E-state index in [1.54, 1.807) is 0 Å². The lowest BCUT2D eigenvalue weighted by Crippen LogP contribution is -2.56. The van der Waals surface area contributed by atoms with Crippen LogP contribution >= 0.6 is 0 Å². The molecule has 2 nitrogen and oxygen atoms in total. The number of hydrogen-bond acceptors (Lipinski definition) is 2. The zero-order valence-electron chi connectivity index (χ0n) is 13.2. The minimum Gasteiger partial charge on any atom is -0.329 e. The normalized spacial score (nSPS) is 31.0. The molecule has 0 aromatic heterocycles. The van der Waals surface area contributed by atoms with Gasteiger partial charge in [-0.3, -0.25) is 4.90 Å². The summed E-state index contributed by atoms with van der Waals surface area (Å²) >= 11 is 0. The zero-order valence-corrected chi connectivity index (χ0v) is 13.2. The van der Waals surface area contributed by atoms with Crippen LogP contribution in [0.4, 0.5) is 0 Å². The Morgan fingerprint density at radius 1 is 1.33 bits per heavy atom. The summed E-state index contributed by atoms with van der Waals surface area (Å²) in [5.41, 5.74) is 6.45. The molecule has 0 heterocycles. The Morgan fingerprint density at radius 2 is 2.00 bits per heavy atom. The van der Waals surface area contributed by atoms with Crippen molar-refractivity contribution in [1.82, 2.24) is 4.90 Å². The topological polar surface area (TPSA) is 29.3 Å². The molecular formula is C16H34N2. The van der Waals surface area contributed by atoms with E-state index in [1.165, 1.54) is 38.6 Å². The van der Waals surface area contributed by atoms with Gasteiger partial charge in [-0.1, -0.05) is 47.0 Å². The highest BCUT2D eigenvalue weighted by Gasteiger charge is 2.39. The van der Waals surface area contributed by atoms with E-state index in [4.69, 9.17) is 5.73 Å². The Bertz CT molecular complexity index is 239. The first-order chi connectivity index (χ1) is 8.45. The monoisotopic (exact) mass is 254 g/mol. The molecule has 18 heavy (non-hydrogen) atoms. The van der Waals surface area contributed by atoms with Gasteiger partial charge in [0.15, 0.2) is 0 Å². The van der Waals surface area contributed by atoms with E-state index < -0.39 is 0 Å². The lowest BCUT2D eigenvalue weighted by atomic mass is 9.71. The van der Waals surface area contributed by atoms with Crippen LogP contribution in [0.3, 0.4) is 0 Å². The van der Waals surface area contributed by atoms with Crippen molar-refractivity contribution >= 4 is 0 Å². The molecular weight excluding hydrogens is 220 g/mol. The Balaban J connectivity index is 2.71. The second-order valence-corrected chi connectivity index (χ2v) is 6.92. The van der Waals surface area contributed by atoms with Gasteiger partial charge in [0, 0.05) is 18.6 Å². The van der Waals surface area contributed by atoms with E-state index in [1.807, 2.05) is 0 Å². The first-order valence-corrected chi connectivity index (χ1v) is 7.86. The van der Waals surface area contributed by atoms with Crippen LogP contribution in [0.15, 0.2) is 0 Å². The smallest absolute Gasteiger partial charge is 0.0331 e. The minimum absolute atomic E-state index is 0.274. The molecule has 0 saturated heterocycles. The van der Waals surface area contributed by atoms with E-state index in [9.17, 15) is 0 Å². The molecule has 0 radical (unpaired) electrons. The molecule has 0 spiro atoms. The van der Waals surface area contributed by atoms with Crippen molar-refractivity contribution in [2.45, 2.75) is 65.3 Å². The molecule has 1 saturated carbocycles. The molecule has 1 rings (SSSR count). The fourth-order valence-corrected chi connectivity index (χ4v) is 3.43. The Hall–Kier alpha value is -0.0800. The molecule has 0 amide bonds. The van der Waals surface area contributed by atoms with E-state index in [0.717, 1.165) is 24.3 Å². The van der Waals surface area contributed by atoms with Crippen LogP contribution in [0, 0.1) is 17.8 Å². The number of rotatable bonds is 6. The standard InChI is InChI=1S/C16H34N2/c1-6-14(4)11-18(5)16(12-17)9-7-8-15(10-16)13(2)3/h13-15H,6-12,17H2,1-5H3. The zero-order chi connectivity index (χ0) is 13.8. The van der Waals surface area contributed by atoms with Gasteiger partial charge in [0.1, 0.15) is 0 Å². The van der Waals surface area contributed by atoms with Crippen LogP contribution in [0.1, 0.15) is 59.8 Å². The Kier molecular flexibility index (Phi) is 6.13. The first kappa shape index (κ1) is 16.0. The van der Waals surface area contributed by atoms with Crippen LogP contribution < -0.4 is 5.73 Å². The van der Waals surface area contributed by atoms with Crippen molar-refractivity contribution in [2.75, 3.05) is 20.1 Å². The summed E-state index contributed by atoms with van der Waals surface area (Å²) in [6.07, 6.45) is 6.60. The van der Waals surface area contributed by atoms with E-state index in [-0.39, 0.29) is 5.54 Å². The van der Waals surface area contributed by atoms with Gasteiger partial charge in [-0.05, 0) is 37.6 Å². The second-order valence-electron chi connectivity index (χ2n) is 6.92. The fraction of sp³-hybridized carbons (Fsp3) is 1.00. The summed E-state index contributed by atoms with van der Waals surface area (Å²) in [7, 11) is 2.29. The van der Waals surface area contributed by atoms with Crippen LogP contribution in [-0.4, -0.2) is 30.6 Å². The van der Waals surface area contributed by atoms with Crippen LogP contribution in [-0.2, 0) is 0 Å². The summed E-state index contributed by atoms with van der Waals surface area (Å²) in [6, 6.07) is 0. The van der Waals surface area contributed by atoms with Gasteiger partial charge in [0.25, 0.3) is 0 Å². The number of nitrogens with zero attached hydrogens (tertiary/aromatic N) is 1. The number of likely N-dealkylation sites (N-methyl/N-ethyl adjacent to an activating group) is 1. The van der Waals surface area contributed by atoms with Gasteiger partial charge in [0.05, 0.1) is 0 Å². The molecule has 0 aromatic carbocycles. The molecule has 0 aliphatic heterocycles. The molecule has 0 bridgehead atoms. The third kappa shape index (κ3) is 3.71. The third-order valence-electron chi connectivity index (χ3n) is 5.27. The summed E-state index contributed by atoms with van der Waals surface area (Å²) < 4.78 is 0. The summed E-state index contributed by atoms with van der Waals surface area (Å²) in [6.45, 7) is 11.4. The van der Waals surface area contributed by atoms with Gasteiger partial charge in [-0.15, -0.1) is 0 Å². The molecule has 1 fully saturated rings. The van der Waals surface area contributed by atoms with Gasteiger partial charge >= 0.3 is 0 Å². The maximum Gasteiger partial charge on any atom is 0.0331 e. The number of hydrogen-bond donors (Lipinski definition) is 1. The molecule has 0 aromatic rings. The molecule has 2 heteroatoms. The maximum atomic E-state index is 6.18.